The van der Waals surface area contributed by atoms with E-state index >= 15 is 0 Å². The number of carbonyl (C=O) groups is 2. The van der Waals surface area contributed by atoms with Crippen LogP contribution in [0.1, 0.15) is 95.1 Å². The molecule has 0 aliphatic heterocycles. The first-order chi connectivity index (χ1) is 22.5. The second kappa shape index (κ2) is 15.3. The van der Waals surface area contributed by atoms with Crippen LogP contribution in [0.5, 0.6) is 5.75 Å². The Morgan fingerprint density at radius 3 is 2.45 bits per heavy atom. The summed E-state index contributed by atoms with van der Waals surface area (Å²) in [6, 6.07) is 10.4. The Bertz CT molecular complexity index is 1500. The number of aromatic nitrogens is 2. The lowest BCUT2D eigenvalue weighted by Crippen LogP contribution is -2.43. The molecule has 2 aliphatic rings. The summed E-state index contributed by atoms with van der Waals surface area (Å²) in [6.45, 7) is 8.06. The maximum atomic E-state index is 14.3. The van der Waals surface area contributed by atoms with Gasteiger partial charge in [0, 0.05) is 37.2 Å². The third-order valence-corrected chi connectivity index (χ3v) is 9.58. The van der Waals surface area contributed by atoms with E-state index in [-0.39, 0.29) is 24.5 Å². The number of benzene rings is 1. The van der Waals surface area contributed by atoms with Crippen molar-refractivity contribution in [1.29, 1.82) is 0 Å². The molecule has 0 saturated heterocycles. The lowest BCUT2D eigenvalue weighted by atomic mass is 9.78. The molecule has 2 aromatic heterocycles. The average Bonchev–Trinajstić information content (AvgIpc) is 3.56. The minimum Gasteiger partial charge on any atom is -0.496 e. The molecule has 254 valence electrons. The van der Waals surface area contributed by atoms with Gasteiger partial charge < -0.3 is 24.3 Å². The van der Waals surface area contributed by atoms with Crippen molar-refractivity contribution in [2.75, 3.05) is 25.1 Å². The molecule has 2 N–H and O–H groups in total. The molecule has 0 atom stereocenters. The number of nitrogens with one attached hydrogen (secondary N) is 1. The zero-order valence-electron chi connectivity index (χ0n) is 28.5. The van der Waals surface area contributed by atoms with Gasteiger partial charge in [0.25, 0.3) is 0 Å². The normalized spacial score (nSPS) is 21.6. The molecule has 10 heteroatoms. The van der Waals surface area contributed by atoms with Crippen molar-refractivity contribution in [2.45, 2.75) is 103 Å². The Morgan fingerprint density at radius 2 is 1.81 bits per heavy atom. The van der Waals surface area contributed by atoms with Gasteiger partial charge in [-0.1, -0.05) is 19.1 Å². The lowest BCUT2D eigenvalue weighted by molar-refractivity contribution is -0.124. The van der Waals surface area contributed by atoms with Gasteiger partial charge in [-0.25, -0.2) is 14.8 Å². The summed E-state index contributed by atoms with van der Waals surface area (Å²) in [6.07, 6.45) is 9.99. The Morgan fingerprint density at radius 1 is 1.06 bits per heavy atom. The van der Waals surface area contributed by atoms with Crippen LogP contribution in [0.4, 0.5) is 10.6 Å². The second-order valence-corrected chi connectivity index (χ2v) is 13.8. The number of oxazole rings is 1. The number of methoxy groups -OCH3 is 1. The van der Waals surface area contributed by atoms with Gasteiger partial charge in [0.2, 0.25) is 5.91 Å². The molecular formula is C37H50N4O6. The Hall–Kier alpha value is -3.92. The van der Waals surface area contributed by atoms with Gasteiger partial charge in [-0.3, -0.25) is 9.69 Å². The molecule has 2 heterocycles. The van der Waals surface area contributed by atoms with E-state index in [0.717, 1.165) is 48.3 Å². The summed E-state index contributed by atoms with van der Waals surface area (Å²) in [7, 11) is 1.71. The van der Waals surface area contributed by atoms with Gasteiger partial charge in [0.1, 0.15) is 29.6 Å². The largest absolute Gasteiger partial charge is 0.496 e. The van der Waals surface area contributed by atoms with E-state index in [4.69, 9.17) is 18.9 Å². The summed E-state index contributed by atoms with van der Waals surface area (Å²) < 4.78 is 16.7. The first-order valence-corrected chi connectivity index (χ1v) is 17.1. The summed E-state index contributed by atoms with van der Waals surface area (Å²) in [5.41, 5.74) is 3.09. The van der Waals surface area contributed by atoms with E-state index in [1.54, 1.807) is 33.4 Å². The van der Waals surface area contributed by atoms with Crippen molar-refractivity contribution < 1.29 is 28.6 Å². The molecule has 5 rings (SSSR count). The fourth-order valence-electron chi connectivity index (χ4n) is 6.85. The highest BCUT2D eigenvalue weighted by Crippen LogP contribution is 2.39. The second-order valence-electron chi connectivity index (χ2n) is 13.8. The molecule has 2 fully saturated rings. The van der Waals surface area contributed by atoms with E-state index in [1.807, 2.05) is 24.0 Å². The molecule has 0 radical (unpaired) electrons. The van der Waals surface area contributed by atoms with Crippen molar-refractivity contribution in [3.63, 3.8) is 0 Å². The number of hydrogen-bond acceptors (Lipinski definition) is 8. The van der Waals surface area contributed by atoms with Crippen molar-refractivity contribution in [1.82, 2.24) is 15.3 Å². The van der Waals surface area contributed by atoms with Crippen LogP contribution >= 0.6 is 0 Å². The van der Waals surface area contributed by atoms with Crippen molar-refractivity contribution in [2.24, 2.45) is 11.8 Å². The van der Waals surface area contributed by atoms with Gasteiger partial charge in [-0.05, 0) is 113 Å². The molecule has 1 aromatic carbocycles. The van der Waals surface area contributed by atoms with Crippen LogP contribution in [0.2, 0.25) is 0 Å². The van der Waals surface area contributed by atoms with Gasteiger partial charge in [-0.2, -0.15) is 0 Å². The molecule has 47 heavy (non-hydrogen) atoms. The number of ether oxygens (including phenoxy) is 2. The van der Waals surface area contributed by atoms with Crippen molar-refractivity contribution in [3.05, 3.63) is 59.8 Å². The number of aliphatic hydroxyl groups is 1. The van der Waals surface area contributed by atoms with E-state index < -0.39 is 11.7 Å². The molecule has 2 aliphatic carbocycles. The zero-order valence-corrected chi connectivity index (χ0v) is 28.5. The van der Waals surface area contributed by atoms with E-state index in [2.05, 4.69) is 35.4 Å². The molecule has 0 bridgehead atoms. The van der Waals surface area contributed by atoms with Crippen LogP contribution in [0.15, 0.2) is 47.2 Å². The number of nitrogens with zero attached hydrogens (tertiary/aromatic N) is 3. The van der Waals surface area contributed by atoms with Gasteiger partial charge in [0.05, 0.1) is 12.7 Å². The molecule has 0 spiro atoms. The number of pyridine rings is 1. The van der Waals surface area contributed by atoms with E-state index in [0.29, 0.717) is 62.2 Å². The maximum absolute atomic E-state index is 14.3. The van der Waals surface area contributed by atoms with Crippen LogP contribution in [0.3, 0.4) is 0 Å². The smallest absolute Gasteiger partial charge is 0.407 e. The topological polar surface area (TPSA) is 127 Å². The highest BCUT2D eigenvalue weighted by molar-refractivity contribution is 5.94. The number of alkyl carbamates (subject to hydrolysis) is 1. The van der Waals surface area contributed by atoms with Crippen molar-refractivity contribution in [3.8, 4) is 17.0 Å². The van der Waals surface area contributed by atoms with Gasteiger partial charge in [0.15, 0.2) is 5.89 Å². The standard InChI is InChI=1S/C37H50N4O6/c1-6-34-40-31(22-46-34)29-17-18-38-33(20-29)41(21-25-7-9-26(10-8-25)28-13-16-32(45-5)24(2)19-28)35(42)27-11-14-30(15-12-27)47-36(43)39-23-37(3,4)44/h13,16-20,22,25-27,30,44H,6-12,14-15,21,23H2,1-5H3,(H,39,43)/t25-,26-,27-,30-. The molecule has 2 amide bonds. The minimum atomic E-state index is -1.02. The Balaban J connectivity index is 1.27. The zero-order chi connectivity index (χ0) is 33.6. The number of rotatable bonds is 11. The third kappa shape index (κ3) is 9.12. The summed E-state index contributed by atoms with van der Waals surface area (Å²) >= 11 is 0. The van der Waals surface area contributed by atoms with Crippen LogP contribution in [-0.4, -0.2) is 59.0 Å². The molecule has 0 unspecified atom stereocenters. The molecule has 10 nitrogen and oxygen atoms in total. The average molecular weight is 647 g/mol. The molecular weight excluding hydrogens is 596 g/mol. The minimum absolute atomic E-state index is 0.0712. The Labute approximate surface area is 278 Å². The first-order valence-electron chi connectivity index (χ1n) is 17.1. The van der Waals surface area contributed by atoms with E-state index in [1.165, 1.54) is 5.56 Å². The number of amides is 2. The van der Waals surface area contributed by atoms with Gasteiger partial charge >= 0.3 is 6.09 Å². The summed E-state index contributed by atoms with van der Waals surface area (Å²) in [5.74, 6) is 2.96. The maximum Gasteiger partial charge on any atom is 0.407 e. The molecule has 3 aromatic rings. The fourth-order valence-corrected chi connectivity index (χ4v) is 6.85. The highest BCUT2D eigenvalue weighted by Gasteiger charge is 2.34. The monoisotopic (exact) mass is 646 g/mol. The van der Waals surface area contributed by atoms with Crippen LogP contribution in [-0.2, 0) is 16.0 Å². The first kappa shape index (κ1) is 34.4. The van der Waals surface area contributed by atoms with Gasteiger partial charge in [-0.15, -0.1) is 0 Å². The van der Waals surface area contributed by atoms with Crippen LogP contribution in [0.25, 0.3) is 11.3 Å². The predicted molar refractivity (Wildman–Crippen MR) is 180 cm³/mol. The summed E-state index contributed by atoms with van der Waals surface area (Å²) in [5, 5.41) is 12.5. The van der Waals surface area contributed by atoms with Crippen LogP contribution < -0.4 is 15.0 Å². The van der Waals surface area contributed by atoms with E-state index in [9.17, 15) is 14.7 Å². The number of hydrogen-bond donors (Lipinski definition) is 2. The predicted octanol–water partition coefficient (Wildman–Crippen LogP) is 6.98. The van der Waals surface area contributed by atoms with Crippen LogP contribution in [0, 0.1) is 18.8 Å². The SMILES string of the molecule is CCc1nc(-c2ccnc(N(C[C@H]3CC[C@H](c4ccc(OC)c(C)c4)CC3)C(=O)[C@H]3CC[C@H](OC(=O)NCC(C)(C)O)CC3)c2)co1. The lowest BCUT2D eigenvalue weighted by Gasteiger charge is -2.35. The number of anilines is 1. The quantitative estimate of drug-likeness (QED) is 0.229. The third-order valence-electron chi connectivity index (χ3n) is 9.58. The highest BCUT2D eigenvalue weighted by atomic mass is 16.6. The Kier molecular flexibility index (Phi) is 11.2. The summed E-state index contributed by atoms with van der Waals surface area (Å²) in [4.78, 5) is 37.7. The fraction of sp³-hybridized carbons (Fsp3) is 0.568. The number of aryl methyl sites for hydroxylation is 2. The number of carbonyl (C=O) groups excluding carboxylic acids is 2. The van der Waals surface area contributed by atoms with Crippen molar-refractivity contribution >= 4 is 17.8 Å². The molecule has 2 saturated carbocycles.